The second-order valence-corrected chi connectivity index (χ2v) is 10.9. The Kier molecular flexibility index (Phi) is 2.81. The maximum Gasteiger partial charge on any atom is 0.115 e. The van der Waals surface area contributed by atoms with Crippen LogP contribution >= 0.6 is 0 Å². The number of phenols is 2. The fourth-order valence-corrected chi connectivity index (χ4v) is 9.27. The molecule has 0 unspecified atom stereocenters. The van der Waals surface area contributed by atoms with E-state index in [1.165, 1.54) is 49.7 Å². The van der Waals surface area contributed by atoms with Crippen molar-refractivity contribution in [3.8, 4) is 11.5 Å². The van der Waals surface area contributed by atoms with Crippen LogP contribution in [-0.4, -0.2) is 10.2 Å². The maximum absolute atomic E-state index is 9.76. The molecular weight excluding hydrogens is 344 g/mol. The molecule has 8 bridgehead atoms. The lowest BCUT2D eigenvalue weighted by atomic mass is 9.29. The summed E-state index contributed by atoms with van der Waals surface area (Å²) in [5, 5.41) is 19.5. The molecule has 2 nitrogen and oxygen atoms in total. The molecular formula is C26H28O2. The van der Waals surface area contributed by atoms with E-state index < -0.39 is 0 Å². The minimum atomic E-state index is 0.382. The summed E-state index contributed by atoms with van der Waals surface area (Å²) < 4.78 is 0. The Morgan fingerprint density at radius 1 is 0.464 bits per heavy atom. The second-order valence-electron chi connectivity index (χ2n) is 10.9. The molecule has 2 aromatic rings. The molecule has 7 saturated carbocycles. The van der Waals surface area contributed by atoms with Crippen molar-refractivity contribution in [1.29, 1.82) is 0 Å². The van der Waals surface area contributed by atoms with Crippen molar-refractivity contribution in [2.75, 3.05) is 0 Å². The molecule has 2 heteroatoms. The fourth-order valence-electron chi connectivity index (χ4n) is 9.27. The van der Waals surface area contributed by atoms with Crippen LogP contribution in [0.2, 0.25) is 0 Å². The van der Waals surface area contributed by atoms with E-state index in [1.807, 2.05) is 24.3 Å². The third-order valence-corrected chi connectivity index (χ3v) is 10.0. The summed E-state index contributed by atoms with van der Waals surface area (Å²) >= 11 is 0. The molecule has 0 heterocycles. The molecule has 28 heavy (non-hydrogen) atoms. The predicted molar refractivity (Wildman–Crippen MR) is 108 cm³/mol. The molecule has 144 valence electrons. The molecule has 0 atom stereocenters. The van der Waals surface area contributed by atoms with Crippen molar-refractivity contribution in [2.24, 2.45) is 35.5 Å². The Labute approximate surface area is 166 Å². The van der Waals surface area contributed by atoms with E-state index in [1.54, 1.807) is 0 Å². The van der Waals surface area contributed by atoms with Gasteiger partial charge in [-0.3, -0.25) is 0 Å². The highest BCUT2D eigenvalue weighted by molar-refractivity contribution is 5.39. The van der Waals surface area contributed by atoms with E-state index in [2.05, 4.69) is 24.3 Å². The van der Waals surface area contributed by atoms with Gasteiger partial charge in [0.25, 0.3) is 0 Å². The van der Waals surface area contributed by atoms with Crippen LogP contribution in [0, 0.1) is 35.5 Å². The average Bonchev–Trinajstić information content (AvgIpc) is 2.72. The summed E-state index contributed by atoms with van der Waals surface area (Å²) in [6, 6.07) is 16.4. The van der Waals surface area contributed by atoms with Crippen LogP contribution in [-0.2, 0) is 10.8 Å². The van der Waals surface area contributed by atoms with Gasteiger partial charge in [0, 0.05) is 0 Å². The number of phenolic OH excluding ortho intramolecular Hbond substituents is 2. The first-order chi connectivity index (χ1) is 13.6. The first kappa shape index (κ1) is 15.9. The van der Waals surface area contributed by atoms with Crippen molar-refractivity contribution in [2.45, 2.75) is 49.4 Å². The highest BCUT2D eigenvalue weighted by Gasteiger charge is 2.70. The van der Waals surface area contributed by atoms with Crippen molar-refractivity contribution >= 4 is 0 Å². The zero-order chi connectivity index (χ0) is 18.7. The smallest absolute Gasteiger partial charge is 0.115 e. The van der Waals surface area contributed by atoms with Gasteiger partial charge in [-0.1, -0.05) is 24.3 Å². The minimum absolute atomic E-state index is 0.382. The number of hydrogen-bond acceptors (Lipinski definition) is 2. The molecule has 0 amide bonds. The first-order valence-electron chi connectivity index (χ1n) is 11.2. The van der Waals surface area contributed by atoms with Crippen LogP contribution in [0.3, 0.4) is 0 Å². The van der Waals surface area contributed by atoms with Gasteiger partial charge in [0.2, 0.25) is 0 Å². The van der Waals surface area contributed by atoms with E-state index in [9.17, 15) is 10.2 Å². The van der Waals surface area contributed by atoms with E-state index in [-0.39, 0.29) is 0 Å². The molecule has 0 radical (unpaired) electrons. The molecule has 2 aromatic carbocycles. The lowest BCUT2D eigenvalue weighted by Crippen LogP contribution is -2.69. The summed E-state index contributed by atoms with van der Waals surface area (Å²) in [6.07, 6.45) is 8.24. The Morgan fingerprint density at radius 2 is 0.714 bits per heavy atom. The number of aromatic hydroxyl groups is 2. The summed E-state index contributed by atoms with van der Waals surface area (Å²) in [7, 11) is 0. The Hall–Kier alpha value is -1.96. The monoisotopic (exact) mass is 372 g/mol. The predicted octanol–water partition coefficient (Wildman–Crippen LogP) is 5.38. The summed E-state index contributed by atoms with van der Waals surface area (Å²) in [4.78, 5) is 0. The fraction of sp³-hybridized carbons (Fsp3) is 0.538. The maximum atomic E-state index is 9.76. The molecule has 9 rings (SSSR count). The zero-order valence-electron chi connectivity index (χ0n) is 16.2. The standard InChI is InChI=1S/C26H28O2/c27-17-5-1-15(2-6-17)25-9-19-22-12-26(16-3-7-18(28)8-4-16)13-23(19)21(11-25)24(14-26)20(22)10-25/h1-8,19-24,27-28H,9-14H2/t19-,20-,21?,22?,23?,24?,25?,26?/m0/s1. The molecule has 7 aliphatic carbocycles. The van der Waals surface area contributed by atoms with Gasteiger partial charge in [0.15, 0.2) is 0 Å². The number of benzene rings is 2. The molecule has 0 spiro atoms. The van der Waals surface area contributed by atoms with Gasteiger partial charge >= 0.3 is 0 Å². The van der Waals surface area contributed by atoms with Gasteiger partial charge < -0.3 is 10.2 Å². The van der Waals surface area contributed by atoms with Crippen molar-refractivity contribution < 1.29 is 10.2 Å². The summed E-state index contributed by atoms with van der Waals surface area (Å²) in [5.41, 5.74) is 3.75. The van der Waals surface area contributed by atoms with Crippen molar-refractivity contribution in [3.63, 3.8) is 0 Å². The Balaban J connectivity index is 1.28. The SMILES string of the molecule is Oc1ccc(C23CC4C5CC6(c7ccc(O)cc7)C[C@H]4C(C2)[C@H](C6)C5C3)cc1. The minimum Gasteiger partial charge on any atom is -0.508 e. The van der Waals surface area contributed by atoms with Gasteiger partial charge in [-0.15, -0.1) is 0 Å². The van der Waals surface area contributed by atoms with Gasteiger partial charge in [0.05, 0.1) is 0 Å². The molecule has 7 fully saturated rings. The highest BCUT2D eigenvalue weighted by Crippen LogP contribution is 2.77. The molecule has 2 N–H and O–H groups in total. The van der Waals surface area contributed by atoms with Crippen LogP contribution in [0.5, 0.6) is 11.5 Å². The quantitative estimate of drug-likeness (QED) is 0.743. The number of rotatable bonds is 2. The van der Waals surface area contributed by atoms with E-state index >= 15 is 0 Å². The van der Waals surface area contributed by atoms with Crippen LogP contribution in [0.4, 0.5) is 0 Å². The van der Waals surface area contributed by atoms with Crippen LogP contribution < -0.4 is 0 Å². The molecule has 7 aliphatic rings. The third-order valence-electron chi connectivity index (χ3n) is 10.0. The topological polar surface area (TPSA) is 40.5 Å². The Morgan fingerprint density at radius 3 is 0.964 bits per heavy atom. The van der Waals surface area contributed by atoms with E-state index in [0.717, 1.165) is 35.5 Å². The highest BCUT2D eigenvalue weighted by atomic mass is 16.3. The summed E-state index contributed by atoms with van der Waals surface area (Å²) in [6.45, 7) is 0. The lowest BCUT2D eigenvalue weighted by molar-refractivity contribution is -0.221. The summed E-state index contributed by atoms with van der Waals surface area (Å²) in [5.74, 6) is 6.25. The van der Waals surface area contributed by atoms with Gasteiger partial charge in [-0.05, 0) is 120 Å². The van der Waals surface area contributed by atoms with Gasteiger partial charge in [-0.2, -0.15) is 0 Å². The largest absolute Gasteiger partial charge is 0.508 e. The van der Waals surface area contributed by atoms with Crippen LogP contribution in [0.15, 0.2) is 48.5 Å². The molecule has 0 saturated heterocycles. The second kappa shape index (κ2) is 4.96. The van der Waals surface area contributed by atoms with Gasteiger partial charge in [-0.25, -0.2) is 0 Å². The van der Waals surface area contributed by atoms with E-state index in [4.69, 9.17) is 0 Å². The molecule has 0 aliphatic heterocycles. The Bertz CT molecular complexity index is 799. The first-order valence-corrected chi connectivity index (χ1v) is 11.2. The van der Waals surface area contributed by atoms with Crippen LogP contribution in [0.1, 0.15) is 49.7 Å². The van der Waals surface area contributed by atoms with Crippen molar-refractivity contribution in [1.82, 2.24) is 0 Å². The number of hydrogen-bond donors (Lipinski definition) is 2. The van der Waals surface area contributed by atoms with Crippen LogP contribution in [0.25, 0.3) is 0 Å². The normalized spacial score (nSPS) is 47.0. The zero-order valence-corrected chi connectivity index (χ0v) is 16.2. The third kappa shape index (κ3) is 1.81. The van der Waals surface area contributed by atoms with Gasteiger partial charge in [0.1, 0.15) is 11.5 Å². The lowest BCUT2D eigenvalue weighted by Gasteiger charge is -2.75. The molecule has 0 aromatic heterocycles. The van der Waals surface area contributed by atoms with Crippen molar-refractivity contribution in [3.05, 3.63) is 59.7 Å². The average molecular weight is 373 g/mol. The van der Waals surface area contributed by atoms with E-state index in [0.29, 0.717) is 22.3 Å².